The number of fused-ring (bicyclic) bond motifs is 1. The molecule has 1 atom stereocenters. The van der Waals surface area contributed by atoms with E-state index in [0.29, 0.717) is 25.2 Å². The Kier molecular flexibility index (Phi) is 4.68. The van der Waals surface area contributed by atoms with E-state index in [-0.39, 0.29) is 35.7 Å². The Morgan fingerprint density at radius 2 is 1.88 bits per heavy atom. The average molecular weight is 359 g/mol. The van der Waals surface area contributed by atoms with Crippen LogP contribution in [0.25, 0.3) is 0 Å². The van der Waals surface area contributed by atoms with Gasteiger partial charge in [0.15, 0.2) is 0 Å². The van der Waals surface area contributed by atoms with Crippen LogP contribution in [0.2, 0.25) is 0 Å². The number of aromatic nitrogens is 2. The van der Waals surface area contributed by atoms with Gasteiger partial charge in [-0.1, -0.05) is 27.7 Å². The van der Waals surface area contributed by atoms with Crippen molar-refractivity contribution in [3.63, 3.8) is 0 Å². The number of nitrogens with zero attached hydrogens (tertiary/aromatic N) is 5. The first kappa shape index (κ1) is 18.3. The molecule has 0 aliphatic carbocycles. The average Bonchev–Trinajstić information content (AvgIpc) is 2.73. The number of hydrogen-bond donors (Lipinski definition) is 0. The first-order chi connectivity index (χ1) is 12.2. The summed E-state index contributed by atoms with van der Waals surface area (Å²) < 4.78 is 0. The second-order valence-corrected chi connectivity index (χ2v) is 8.25. The summed E-state index contributed by atoms with van der Waals surface area (Å²) in [5, 5.41) is 0. The molecule has 140 valence electrons. The van der Waals surface area contributed by atoms with E-state index in [4.69, 9.17) is 0 Å². The van der Waals surface area contributed by atoms with Crippen LogP contribution in [0.5, 0.6) is 0 Å². The Morgan fingerprint density at radius 1 is 1.23 bits per heavy atom. The van der Waals surface area contributed by atoms with Crippen molar-refractivity contribution in [1.82, 2.24) is 24.7 Å². The summed E-state index contributed by atoms with van der Waals surface area (Å²) in [6, 6.07) is -0.879. The van der Waals surface area contributed by atoms with E-state index in [0.717, 1.165) is 0 Å². The van der Waals surface area contributed by atoms with E-state index in [1.165, 1.54) is 23.6 Å². The Labute approximate surface area is 153 Å². The van der Waals surface area contributed by atoms with Crippen LogP contribution in [-0.2, 0) is 4.79 Å². The predicted octanol–water partition coefficient (Wildman–Crippen LogP) is 1.25. The molecule has 0 aromatic carbocycles. The van der Waals surface area contributed by atoms with E-state index < -0.39 is 6.04 Å². The quantitative estimate of drug-likeness (QED) is 0.758. The van der Waals surface area contributed by atoms with E-state index >= 15 is 0 Å². The standard InChI is InChI=1S/C18H25N5O3/c1-12(2)7-22-16(25)14-8-21(15(24)13-5-19-11-20-6-13)9-18(3,4)10-23(14)17(22)26/h5-6,11-12,14H,7-10H2,1-4H3. The zero-order valence-corrected chi connectivity index (χ0v) is 15.7. The molecule has 8 nitrogen and oxygen atoms in total. The molecule has 3 rings (SSSR count). The molecule has 1 unspecified atom stereocenters. The van der Waals surface area contributed by atoms with Gasteiger partial charge in [-0.15, -0.1) is 0 Å². The maximum absolute atomic E-state index is 12.9. The van der Waals surface area contributed by atoms with Crippen molar-refractivity contribution in [2.45, 2.75) is 33.7 Å². The highest BCUT2D eigenvalue weighted by Gasteiger charge is 2.50. The van der Waals surface area contributed by atoms with Crippen molar-refractivity contribution in [1.29, 1.82) is 0 Å². The molecular formula is C18H25N5O3. The fraction of sp³-hybridized carbons (Fsp3) is 0.611. The molecule has 1 aromatic heterocycles. The summed E-state index contributed by atoms with van der Waals surface area (Å²) >= 11 is 0. The lowest BCUT2D eigenvalue weighted by molar-refractivity contribution is -0.128. The van der Waals surface area contributed by atoms with Gasteiger partial charge in [-0.05, 0) is 5.92 Å². The van der Waals surface area contributed by atoms with Crippen molar-refractivity contribution in [2.75, 3.05) is 26.2 Å². The molecule has 26 heavy (non-hydrogen) atoms. The van der Waals surface area contributed by atoms with Crippen LogP contribution >= 0.6 is 0 Å². The highest BCUT2D eigenvalue weighted by molar-refractivity contribution is 6.05. The minimum absolute atomic E-state index is 0.191. The molecule has 2 saturated heterocycles. The molecule has 2 aliphatic heterocycles. The maximum atomic E-state index is 12.9. The fourth-order valence-corrected chi connectivity index (χ4v) is 3.63. The molecule has 0 saturated carbocycles. The predicted molar refractivity (Wildman–Crippen MR) is 94.2 cm³/mol. The largest absolute Gasteiger partial charge is 0.335 e. The lowest BCUT2D eigenvalue weighted by Crippen LogP contribution is -2.44. The third-order valence-electron chi connectivity index (χ3n) is 4.66. The van der Waals surface area contributed by atoms with Gasteiger partial charge in [0.2, 0.25) is 0 Å². The van der Waals surface area contributed by atoms with Gasteiger partial charge in [-0.2, -0.15) is 0 Å². The first-order valence-corrected chi connectivity index (χ1v) is 8.86. The summed E-state index contributed by atoms with van der Waals surface area (Å²) in [6.45, 7) is 9.42. The van der Waals surface area contributed by atoms with Crippen molar-refractivity contribution < 1.29 is 14.4 Å². The number of imide groups is 1. The molecule has 2 aliphatic rings. The fourth-order valence-electron chi connectivity index (χ4n) is 3.63. The number of carbonyl (C=O) groups excluding carboxylic acids is 3. The Bertz CT molecular complexity index is 719. The molecular weight excluding hydrogens is 334 g/mol. The lowest BCUT2D eigenvalue weighted by atomic mass is 9.92. The molecule has 0 radical (unpaired) electrons. The van der Waals surface area contributed by atoms with E-state index in [1.807, 2.05) is 27.7 Å². The summed E-state index contributed by atoms with van der Waals surface area (Å²) in [4.78, 5) is 50.9. The number of urea groups is 1. The summed E-state index contributed by atoms with van der Waals surface area (Å²) in [6.07, 6.45) is 4.31. The van der Waals surface area contributed by atoms with Gasteiger partial charge in [0.1, 0.15) is 12.4 Å². The van der Waals surface area contributed by atoms with Crippen molar-refractivity contribution in [2.24, 2.45) is 11.3 Å². The lowest BCUT2D eigenvalue weighted by Gasteiger charge is -2.30. The van der Waals surface area contributed by atoms with Gasteiger partial charge in [0.25, 0.3) is 11.8 Å². The molecule has 3 heterocycles. The summed E-state index contributed by atoms with van der Waals surface area (Å²) in [5.74, 6) is -0.245. The molecule has 1 aromatic rings. The zero-order chi connectivity index (χ0) is 19.1. The number of amides is 4. The number of carbonyl (C=O) groups is 3. The topological polar surface area (TPSA) is 86.7 Å². The normalized spacial score (nSPS) is 22.7. The van der Waals surface area contributed by atoms with Crippen LogP contribution in [-0.4, -0.2) is 74.7 Å². The zero-order valence-electron chi connectivity index (χ0n) is 15.7. The third-order valence-corrected chi connectivity index (χ3v) is 4.66. The summed E-state index contributed by atoms with van der Waals surface area (Å²) in [7, 11) is 0. The van der Waals surface area contributed by atoms with E-state index in [1.54, 1.807) is 9.80 Å². The maximum Gasteiger partial charge on any atom is 0.327 e. The molecule has 0 N–H and O–H groups in total. The highest BCUT2D eigenvalue weighted by atomic mass is 16.2. The monoisotopic (exact) mass is 359 g/mol. The van der Waals surface area contributed by atoms with Crippen LogP contribution in [0.1, 0.15) is 38.1 Å². The van der Waals surface area contributed by atoms with Gasteiger partial charge in [0, 0.05) is 37.4 Å². The van der Waals surface area contributed by atoms with Gasteiger partial charge >= 0.3 is 6.03 Å². The third kappa shape index (κ3) is 3.40. The van der Waals surface area contributed by atoms with Gasteiger partial charge in [0.05, 0.1) is 12.1 Å². The molecule has 8 heteroatoms. The van der Waals surface area contributed by atoms with Crippen molar-refractivity contribution in [3.8, 4) is 0 Å². The SMILES string of the molecule is CC(C)CN1C(=O)C2CN(C(=O)c3cncnc3)CC(C)(C)CN2C1=O. The van der Waals surface area contributed by atoms with Crippen LogP contribution in [0, 0.1) is 11.3 Å². The smallest absolute Gasteiger partial charge is 0.327 e. The summed E-state index contributed by atoms with van der Waals surface area (Å²) in [5.41, 5.74) is 0.0525. The molecule has 0 bridgehead atoms. The van der Waals surface area contributed by atoms with Gasteiger partial charge < -0.3 is 9.80 Å². The first-order valence-electron chi connectivity index (χ1n) is 8.86. The molecule has 4 amide bonds. The van der Waals surface area contributed by atoms with E-state index in [9.17, 15) is 14.4 Å². The van der Waals surface area contributed by atoms with Crippen LogP contribution in [0.4, 0.5) is 4.79 Å². The Hall–Kier alpha value is -2.51. The Balaban J connectivity index is 1.89. The second kappa shape index (κ2) is 6.66. The number of hydrogen-bond acceptors (Lipinski definition) is 5. The number of rotatable bonds is 3. The van der Waals surface area contributed by atoms with Crippen LogP contribution in [0.15, 0.2) is 18.7 Å². The van der Waals surface area contributed by atoms with Crippen LogP contribution < -0.4 is 0 Å². The second-order valence-electron chi connectivity index (χ2n) is 8.25. The van der Waals surface area contributed by atoms with Crippen molar-refractivity contribution >= 4 is 17.8 Å². The minimum Gasteiger partial charge on any atom is -0.335 e. The van der Waals surface area contributed by atoms with Crippen LogP contribution in [0.3, 0.4) is 0 Å². The van der Waals surface area contributed by atoms with Gasteiger partial charge in [-0.3, -0.25) is 14.5 Å². The van der Waals surface area contributed by atoms with Crippen molar-refractivity contribution in [3.05, 3.63) is 24.3 Å². The highest BCUT2D eigenvalue weighted by Crippen LogP contribution is 2.30. The molecule has 2 fully saturated rings. The Morgan fingerprint density at radius 3 is 2.50 bits per heavy atom. The molecule has 0 spiro atoms. The van der Waals surface area contributed by atoms with E-state index in [2.05, 4.69) is 9.97 Å². The van der Waals surface area contributed by atoms with Gasteiger partial charge in [-0.25, -0.2) is 14.8 Å². The minimum atomic E-state index is -0.628.